The van der Waals surface area contributed by atoms with Gasteiger partial charge in [0.25, 0.3) is 0 Å². The number of rotatable bonds is 0. The Morgan fingerprint density at radius 3 is 2.05 bits per heavy atom. The smallest absolute Gasteiger partial charge is 0.0809 e. The Hall–Kier alpha value is -0.487. The number of hydrogen-bond acceptors (Lipinski definition) is 0. The quantitative estimate of drug-likeness (QED) is 0.360. The van der Waals surface area contributed by atoms with E-state index in [2.05, 4.69) is 62.4 Å². The standard InChI is InChI=1S/C10H9.C6H7.C3H6.2ClH.Zr/c1-8-6-7-9-4-2-3-5-10(8)9;1-6-4-2-3-5-6;1-3-2;;;/h2-7H,1H3;2-5H,1H3;1-2H3;2*1H;/q2*-1;;;;+2/p-2. The van der Waals surface area contributed by atoms with Gasteiger partial charge < -0.3 is 0 Å². The van der Waals surface area contributed by atoms with Crippen LogP contribution in [0.2, 0.25) is 0 Å². The van der Waals surface area contributed by atoms with Crippen molar-refractivity contribution in [1.82, 2.24) is 0 Å². The normalized spacial score (nSPS) is 9.36. The summed E-state index contributed by atoms with van der Waals surface area (Å²) in [6.45, 7) is 8.19. The molecule has 0 nitrogen and oxygen atoms in total. The molecule has 0 bridgehead atoms. The average Bonchev–Trinajstić information content (AvgIpc) is 3.10. The van der Waals surface area contributed by atoms with Gasteiger partial charge in [0.15, 0.2) is 0 Å². The van der Waals surface area contributed by atoms with Crippen LogP contribution in [-0.2, 0) is 18.9 Å². The average molecular weight is 413 g/mol. The molecular formula is C19H22Cl2Zr-2. The van der Waals surface area contributed by atoms with Crippen LogP contribution in [0.15, 0.2) is 60.7 Å². The Morgan fingerprint density at radius 1 is 1.00 bits per heavy atom. The fraction of sp³-hybridized carbons (Fsp3) is 0.211. The summed E-state index contributed by atoms with van der Waals surface area (Å²) in [5.41, 5.74) is 2.71. The third kappa shape index (κ3) is 7.18. The Balaban J connectivity index is 0.000000176. The van der Waals surface area contributed by atoms with Crippen LogP contribution in [-0.4, -0.2) is 3.21 Å². The van der Waals surface area contributed by atoms with E-state index in [0.717, 1.165) is 0 Å². The molecule has 0 aromatic heterocycles. The molecule has 0 saturated heterocycles. The van der Waals surface area contributed by atoms with Gasteiger partial charge in [-0.2, -0.15) is 29.8 Å². The molecule has 3 aromatic rings. The van der Waals surface area contributed by atoms with Crippen LogP contribution in [0.4, 0.5) is 0 Å². The van der Waals surface area contributed by atoms with Gasteiger partial charge in [0.2, 0.25) is 0 Å². The van der Waals surface area contributed by atoms with Crippen molar-refractivity contribution in [3.63, 3.8) is 0 Å². The van der Waals surface area contributed by atoms with Crippen molar-refractivity contribution < 1.29 is 18.9 Å². The summed E-state index contributed by atoms with van der Waals surface area (Å²) < 4.78 is 1.24. The van der Waals surface area contributed by atoms with Crippen LogP contribution in [0, 0.1) is 13.8 Å². The van der Waals surface area contributed by atoms with Crippen molar-refractivity contribution in [2.24, 2.45) is 0 Å². The van der Waals surface area contributed by atoms with Crippen molar-refractivity contribution in [1.29, 1.82) is 0 Å². The van der Waals surface area contributed by atoms with Crippen LogP contribution < -0.4 is 0 Å². The molecular weight excluding hydrogens is 390 g/mol. The Bertz CT molecular complexity index is 688. The van der Waals surface area contributed by atoms with Gasteiger partial charge in [0, 0.05) is 0 Å². The molecule has 0 aliphatic carbocycles. The number of benzene rings is 1. The molecule has 0 unspecified atom stereocenters. The molecule has 0 heterocycles. The topological polar surface area (TPSA) is 0 Å². The van der Waals surface area contributed by atoms with E-state index in [4.69, 9.17) is 17.0 Å². The fourth-order valence-corrected chi connectivity index (χ4v) is 1.78. The zero-order chi connectivity index (χ0) is 16.5. The van der Waals surface area contributed by atoms with E-state index >= 15 is 0 Å². The molecule has 3 aromatic carbocycles. The Labute approximate surface area is 148 Å². The van der Waals surface area contributed by atoms with Crippen molar-refractivity contribution in [2.75, 3.05) is 0 Å². The van der Waals surface area contributed by atoms with E-state index in [0.29, 0.717) is 0 Å². The largest absolute Gasteiger partial charge is 0.211 e. The van der Waals surface area contributed by atoms with E-state index < -0.39 is 18.9 Å². The van der Waals surface area contributed by atoms with E-state index in [1.54, 1.807) is 0 Å². The van der Waals surface area contributed by atoms with Gasteiger partial charge in [-0.3, -0.25) is 0 Å². The first kappa shape index (κ1) is 19.6. The zero-order valence-corrected chi connectivity index (χ0v) is 17.5. The monoisotopic (exact) mass is 410 g/mol. The summed E-state index contributed by atoms with van der Waals surface area (Å²) in [4.78, 5) is 0. The van der Waals surface area contributed by atoms with Gasteiger partial charge in [0.1, 0.15) is 0 Å². The minimum Gasteiger partial charge on any atom is -0.211 e. The van der Waals surface area contributed by atoms with Gasteiger partial charge in [-0.05, 0) is 0 Å². The summed E-state index contributed by atoms with van der Waals surface area (Å²) in [6.07, 6.45) is 0. The van der Waals surface area contributed by atoms with E-state index in [1.807, 2.05) is 26.0 Å². The molecule has 0 amide bonds. The first-order chi connectivity index (χ1) is 10.4. The molecule has 0 saturated carbocycles. The maximum absolute atomic E-state index is 5.54. The molecule has 3 rings (SSSR count). The van der Waals surface area contributed by atoms with Crippen LogP contribution >= 0.6 is 17.0 Å². The molecule has 0 atom stereocenters. The number of fused-ring (bicyclic) bond motifs is 1. The molecule has 3 heteroatoms. The molecule has 22 heavy (non-hydrogen) atoms. The fourth-order valence-electron chi connectivity index (χ4n) is 1.78. The van der Waals surface area contributed by atoms with Crippen molar-refractivity contribution in [2.45, 2.75) is 27.7 Å². The van der Waals surface area contributed by atoms with Gasteiger partial charge >= 0.3 is 53.0 Å². The van der Waals surface area contributed by atoms with E-state index in [9.17, 15) is 0 Å². The van der Waals surface area contributed by atoms with Crippen LogP contribution in [0.25, 0.3) is 10.8 Å². The summed E-state index contributed by atoms with van der Waals surface area (Å²) in [6, 6.07) is 21.0. The second-order valence-electron chi connectivity index (χ2n) is 5.33. The summed E-state index contributed by atoms with van der Waals surface area (Å²) in [7, 11) is 11.1. The van der Waals surface area contributed by atoms with E-state index in [-0.39, 0.29) is 0 Å². The summed E-state index contributed by atoms with van der Waals surface area (Å²) >= 11 is -1.84. The minimum absolute atomic E-state index is 1.24. The zero-order valence-electron chi connectivity index (χ0n) is 13.5. The number of aryl methyl sites for hydroxylation is 2. The second-order valence-corrected chi connectivity index (χ2v) is 14.7. The third-order valence-electron chi connectivity index (χ3n) is 3.11. The molecule has 0 spiro atoms. The second kappa shape index (κ2) is 10.3. The molecule has 0 N–H and O–H groups in total. The first-order valence-electron chi connectivity index (χ1n) is 7.19. The molecule has 0 aliphatic rings. The first-order valence-corrected chi connectivity index (χ1v) is 14.8. The van der Waals surface area contributed by atoms with Gasteiger partial charge in [-0.25, -0.2) is 11.6 Å². The Morgan fingerprint density at radius 2 is 1.64 bits per heavy atom. The molecule has 118 valence electrons. The van der Waals surface area contributed by atoms with Crippen LogP contribution in [0.3, 0.4) is 0 Å². The molecule has 0 aliphatic heterocycles. The van der Waals surface area contributed by atoms with Crippen LogP contribution in [0.5, 0.6) is 0 Å². The van der Waals surface area contributed by atoms with Crippen molar-refractivity contribution >= 4 is 31.0 Å². The van der Waals surface area contributed by atoms with Gasteiger partial charge in [-0.15, -0.1) is 35.0 Å². The maximum atomic E-state index is 5.54. The number of hydrogen-bond donors (Lipinski definition) is 0. The number of halogens is 2. The SMILES string of the molecule is C[C](C)=[Zr]([Cl])[Cl].Cc1c[cH-]c2ccccc12.Cc1cc[cH-]c1. The minimum atomic E-state index is -1.84. The Kier molecular flexibility index (Phi) is 9.17. The van der Waals surface area contributed by atoms with Crippen molar-refractivity contribution in [3.05, 3.63) is 71.8 Å². The third-order valence-corrected chi connectivity index (χ3v) is 9.44. The predicted molar refractivity (Wildman–Crippen MR) is 99.1 cm³/mol. The summed E-state index contributed by atoms with van der Waals surface area (Å²) in [5, 5.41) is 2.72. The molecule has 0 radical (unpaired) electrons. The molecule has 0 fully saturated rings. The van der Waals surface area contributed by atoms with Crippen LogP contribution in [0.1, 0.15) is 25.0 Å². The van der Waals surface area contributed by atoms with Gasteiger partial charge in [0.05, 0.1) is 0 Å². The maximum Gasteiger partial charge on any atom is -0.0809 e. The predicted octanol–water partition coefficient (Wildman–Crippen LogP) is 6.71. The van der Waals surface area contributed by atoms with Crippen molar-refractivity contribution in [3.8, 4) is 0 Å². The van der Waals surface area contributed by atoms with Gasteiger partial charge in [-0.1, -0.05) is 19.9 Å². The van der Waals surface area contributed by atoms with E-state index in [1.165, 1.54) is 25.1 Å². The summed E-state index contributed by atoms with van der Waals surface area (Å²) in [5.74, 6) is 0.